The van der Waals surface area contributed by atoms with Crippen LogP contribution in [0.2, 0.25) is 0 Å². The summed E-state index contributed by atoms with van der Waals surface area (Å²) < 4.78 is 5.14. The number of phenolic OH excluding ortho intramolecular Hbond substituents is 1. The van der Waals surface area contributed by atoms with E-state index in [4.69, 9.17) is 15.6 Å². The van der Waals surface area contributed by atoms with Crippen molar-refractivity contribution < 1.29 is 44.0 Å². The lowest BCUT2D eigenvalue weighted by atomic mass is 10.0. The van der Waals surface area contributed by atoms with Crippen LogP contribution in [-0.4, -0.2) is 81.1 Å². The molecule has 0 radical (unpaired) electrons. The zero-order chi connectivity index (χ0) is 36.6. The molecule has 0 saturated heterocycles. The zero-order valence-corrected chi connectivity index (χ0v) is 29.9. The highest BCUT2D eigenvalue weighted by Crippen LogP contribution is 2.28. The number of ether oxygens (including phenoxy) is 1. The standard InChI is InChI=1S/C33H49N3O9S.C2H6/c1-5-8-9-11-24(18-23(37)14-12-22-13-15-28(38)29(17-22)45-4)46-20-27(36-31(41)25(34)19-30(39)40)32(42)35-26(33(43)44)16-21(7-3)10-6-2;1-2/h6-7,10,13,15,17,24-27,38H,5,8-9,11-12,14,16,18-20,34H2,1-4H3,(H,35,42)(H,36,41)(H,39,40)(H,43,44);1-2H3/b10-6-,21-7+;. The number of nitrogens with one attached hydrogen (secondary N) is 2. The lowest BCUT2D eigenvalue weighted by molar-refractivity contribution is -0.142. The number of carboxylic acid groups (broad SMARTS) is 2. The second-order valence-electron chi connectivity index (χ2n) is 10.9. The first-order valence-corrected chi connectivity index (χ1v) is 17.5. The van der Waals surface area contributed by atoms with Crippen LogP contribution in [0.1, 0.15) is 91.5 Å². The number of thioether (sulfide) groups is 1. The van der Waals surface area contributed by atoms with Crippen LogP contribution >= 0.6 is 11.8 Å². The van der Waals surface area contributed by atoms with Crippen molar-refractivity contribution in [3.63, 3.8) is 0 Å². The van der Waals surface area contributed by atoms with E-state index in [0.29, 0.717) is 24.2 Å². The van der Waals surface area contributed by atoms with E-state index < -0.39 is 48.3 Å². The number of nitrogens with two attached hydrogens (primary N) is 1. The molecule has 4 unspecified atom stereocenters. The van der Waals surface area contributed by atoms with Gasteiger partial charge in [0.2, 0.25) is 11.8 Å². The number of unbranched alkanes of at least 4 members (excludes halogenated alkanes) is 2. The molecule has 0 bridgehead atoms. The molecule has 1 aromatic rings. The number of Topliss-reactive ketones (excluding diaryl/α,β-unsaturated/α-hetero) is 1. The molecule has 0 heterocycles. The Labute approximate surface area is 289 Å². The number of hydrogen-bond acceptors (Lipinski definition) is 9. The second kappa shape index (κ2) is 25.2. The van der Waals surface area contributed by atoms with Gasteiger partial charge in [0.05, 0.1) is 19.6 Å². The third-order valence-electron chi connectivity index (χ3n) is 7.19. The van der Waals surface area contributed by atoms with Gasteiger partial charge in [0.25, 0.3) is 0 Å². The summed E-state index contributed by atoms with van der Waals surface area (Å²) in [6.07, 6.45) is 8.94. The predicted molar refractivity (Wildman–Crippen MR) is 189 cm³/mol. The topological polar surface area (TPSA) is 205 Å². The van der Waals surface area contributed by atoms with Crippen molar-refractivity contribution in [1.29, 1.82) is 0 Å². The fraction of sp³-hybridized carbons (Fsp3) is 0.571. The number of methoxy groups -OCH3 is 1. The second-order valence-corrected chi connectivity index (χ2v) is 12.3. The van der Waals surface area contributed by atoms with Gasteiger partial charge in [-0.25, -0.2) is 4.79 Å². The number of carbonyl (C=O) groups excluding carboxylic acids is 3. The first-order valence-electron chi connectivity index (χ1n) is 16.4. The molecule has 0 aliphatic carbocycles. The van der Waals surface area contributed by atoms with Crippen molar-refractivity contribution in [3.8, 4) is 11.5 Å². The molecule has 12 nitrogen and oxygen atoms in total. The van der Waals surface area contributed by atoms with Crippen molar-refractivity contribution in [2.45, 2.75) is 116 Å². The molecule has 1 rings (SSSR count). The largest absolute Gasteiger partial charge is 0.504 e. The number of phenols is 1. The van der Waals surface area contributed by atoms with Gasteiger partial charge < -0.3 is 36.4 Å². The molecule has 7 N–H and O–H groups in total. The highest BCUT2D eigenvalue weighted by atomic mass is 32.2. The number of aryl methyl sites for hydroxylation is 1. The summed E-state index contributed by atoms with van der Waals surface area (Å²) in [5.41, 5.74) is 7.26. The number of benzene rings is 1. The number of carbonyl (C=O) groups is 5. The lowest BCUT2D eigenvalue weighted by Gasteiger charge is -2.24. The van der Waals surface area contributed by atoms with Crippen molar-refractivity contribution in [2.24, 2.45) is 5.73 Å². The van der Waals surface area contributed by atoms with Gasteiger partial charge in [-0.15, -0.1) is 0 Å². The summed E-state index contributed by atoms with van der Waals surface area (Å²) in [5.74, 6) is -3.82. The normalized spacial score (nSPS) is 13.8. The Bertz CT molecular complexity index is 1240. The summed E-state index contributed by atoms with van der Waals surface area (Å²) in [5, 5.41) is 33.5. The van der Waals surface area contributed by atoms with Crippen LogP contribution < -0.4 is 21.1 Å². The quantitative estimate of drug-likeness (QED) is 0.0680. The van der Waals surface area contributed by atoms with Gasteiger partial charge in [0.15, 0.2) is 11.5 Å². The van der Waals surface area contributed by atoms with Gasteiger partial charge in [0, 0.05) is 30.3 Å². The minimum atomic E-state index is -1.42. The highest BCUT2D eigenvalue weighted by molar-refractivity contribution is 8.00. The van der Waals surface area contributed by atoms with Gasteiger partial charge in [-0.05, 0) is 50.0 Å². The SMILES string of the molecule is C/C=C\C(=C/C)CC(NC(=O)C(CSC(CCCCC)CC(=O)CCc1ccc(O)c(OC)c1)NC(=O)C(N)CC(=O)O)C(=O)O.CC. The summed E-state index contributed by atoms with van der Waals surface area (Å²) in [7, 11) is 1.45. The van der Waals surface area contributed by atoms with Crippen LogP contribution in [0.3, 0.4) is 0 Å². The molecule has 0 spiro atoms. The smallest absolute Gasteiger partial charge is 0.326 e. The summed E-state index contributed by atoms with van der Waals surface area (Å²) in [6, 6.07) is 0.980. The minimum absolute atomic E-state index is 0.00311. The van der Waals surface area contributed by atoms with Gasteiger partial charge in [-0.3, -0.25) is 19.2 Å². The number of carboxylic acids is 2. The summed E-state index contributed by atoms with van der Waals surface area (Å²) >= 11 is 1.32. The number of rotatable bonds is 23. The Morgan fingerprint density at radius 3 is 2.21 bits per heavy atom. The molecule has 0 aromatic heterocycles. The summed E-state index contributed by atoms with van der Waals surface area (Å²) in [4.78, 5) is 62.3. The Morgan fingerprint density at radius 2 is 1.65 bits per heavy atom. The zero-order valence-electron chi connectivity index (χ0n) is 29.1. The van der Waals surface area contributed by atoms with E-state index >= 15 is 0 Å². The van der Waals surface area contributed by atoms with Crippen molar-refractivity contribution >= 4 is 41.3 Å². The number of aliphatic carboxylic acids is 2. The Balaban J connectivity index is 0.0000108. The first kappa shape index (κ1) is 44.2. The van der Waals surface area contributed by atoms with Crippen LogP contribution in [0.4, 0.5) is 0 Å². The molecular formula is C35H55N3O9S. The monoisotopic (exact) mass is 693 g/mol. The van der Waals surface area contributed by atoms with E-state index in [1.165, 1.54) is 24.9 Å². The maximum atomic E-state index is 13.4. The molecule has 48 heavy (non-hydrogen) atoms. The Hall–Kier alpha value is -3.84. The van der Waals surface area contributed by atoms with Gasteiger partial charge in [0.1, 0.15) is 17.9 Å². The maximum absolute atomic E-state index is 13.4. The Morgan fingerprint density at radius 1 is 0.979 bits per heavy atom. The molecule has 4 atom stereocenters. The van der Waals surface area contributed by atoms with Crippen LogP contribution in [-0.2, 0) is 30.4 Å². The lowest BCUT2D eigenvalue weighted by Crippen LogP contribution is -2.55. The van der Waals surface area contributed by atoms with Gasteiger partial charge in [-0.1, -0.05) is 64.3 Å². The highest BCUT2D eigenvalue weighted by Gasteiger charge is 2.30. The number of hydrogen-bond donors (Lipinski definition) is 6. The minimum Gasteiger partial charge on any atom is -0.504 e. The fourth-order valence-corrected chi connectivity index (χ4v) is 5.90. The maximum Gasteiger partial charge on any atom is 0.326 e. The predicted octanol–water partition coefficient (Wildman–Crippen LogP) is 4.77. The molecule has 270 valence electrons. The van der Waals surface area contributed by atoms with Crippen molar-refractivity contribution in [2.75, 3.05) is 12.9 Å². The molecule has 13 heteroatoms. The van der Waals surface area contributed by atoms with E-state index in [1.807, 2.05) is 13.8 Å². The molecule has 0 fully saturated rings. The molecule has 1 aromatic carbocycles. The fourth-order valence-electron chi connectivity index (χ4n) is 4.56. The molecule has 0 aliphatic heterocycles. The number of aromatic hydroxyl groups is 1. The van der Waals surface area contributed by atoms with Crippen LogP contribution in [0.25, 0.3) is 0 Å². The number of allylic oxidation sites excluding steroid dienone is 3. The molecule has 0 aliphatic rings. The van der Waals surface area contributed by atoms with E-state index in [1.54, 1.807) is 44.2 Å². The average Bonchev–Trinajstić information content (AvgIpc) is 3.05. The Kier molecular flexibility index (Phi) is 23.2. The number of amides is 2. The van der Waals surface area contributed by atoms with E-state index in [2.05, 4.69) is 17.6 Å². The van der Waals surface area contributed by atoms with Crippen molar-refractivity contribution in [1.82, 2.24) is 10.6 Å². The van der Waals surface area contributed by atoms with Crippen LogP contribution in [0.15, 0.2) is 42.0 Å². The average molecular weight is 694 g/mol. The van der Waals surface area contributed by atoms with E-state index in [9.17, 15) is 34.2 Å². The summed E-state index contributed by atoms with van der Waals surface area (Å²) in [6.45, 7) is 9.60. The first-order chi connectivity index (χ1) is 22.8. The van der Waals surface area contributed by atoms with Crippen LogP contribution in [0.5, 0.6) is 11.5 Å². The molecular weight excluding hydrogens is 638 g/mol. The van der Waals surface area contributed by atoms with Gasteiger partial charge in [-0.2, -0.15) is 11.8 Å². The third kappa shape index (κ3) is 17.9. The van der Waals surface area contributed by atoms with E-state index in [-0.39, 0.29) is 41.8 Å². The van der Waals surface area contributed by atoms with E-state index in [0.717, 1.165) is 24.8 Å². The van der Waals surface area contributed by atoms with Crippen molar-refractivity contribution in [3.05, 3.63) is 47.6 Å². The number of ketones is 1. The molecule has 0 saturated carbocycles. The third-order valence-corrected chi connectivity index (χ3v) is 8.59. The van der Waals surface area contributed by atoms with Crippen LogP contribution in [0, 0.1) is 0 Å². The van der Waals surface area contributed by atoms with Gasteiger partial charge >= 0.3 is 11.9 Å². The molecule has 2 amide bonds.